The van der Waals surface area contributed by atoms with Crippen LogP contribution in [0.25, 0.3) is 10.9 Å². The number of carboxylic acids is 1. The van der Waals surface area contributed by atoms with E-state index in [9.17, 15) is 14.3 Å². The molecule has 0 amide bonds. The Morgan fingerprint density at radius 2 is 2.30 bits per heavy atom. The molecular weight excluding hydrogens is 261 g/mol. The standard InChI is InChI=1S/C15H16FNO3/c1-4-5-9(15(18)19)12-8(2)17-10-6-7-11(20-3)14(16)13(10)12/h4,6-7,9,17H,1,5H2,2-3H3,(H,18,19). The molecule has 1 atom stereocenters. The van der Waals surface area contributed by atoms with Crippen molar-refractivity contribution < 1.29 is 19.0 Å². The first-order chi connectivity index (χ1) is 9.51. The molecule has 0 aliphatic carbocycles. The molecule has 0 aliphatic rings. The molecule has 0 saturated heterocycles. The van der Waals surface area contributed by atoms with Crippen LogP contribution >= 0.6 is 0 Å². The van der Waals surface area contributed by atoms with Crippen molar-refractivity contribution in [2.45, 2.75) is 19.3 Å². The number of allylic oxidation sites excluding steroid dienone is 1. The Kier molecular flexibility index (Phi) is 3.79. The lowest BCUT2D eigenvalue weighted by atomic mass is 9.93. The van der Waals surface area contributed by atoms with Gasteiger partial charge in [0.2, 0.25) is 0 Å². The number of hydrogen-bond acceptors (Lipinski definition) is 2. The van der Waals surface area contributed by atoms with E-state index in [4.69, 9.17) is 4.74 Å². The third-order valence-electron chi connectivity index (χ3n) is 3.37. The molecule has 106 valence electrons. The van der Waals surface area contributed by atoms with Crippen molar-refractivity contribution in [3.8, 4) is 5.75 Å². The van der Waals surface area contributed by atoms with Crippen LogP contribution in [0.5, 0.6) is 5.75 Å². The molecule has 0 aliphatic heterocycles. The third-order valence-corrected chi connectivity index (χ3v) is 3.37. The highest BCUT2D eigenvalue weighted by Gasteiger charge is 2.27. The summed E-state index contributed by atoms with van der Waals surface area (Å²) in [5.41, 5.74) is 1.65. The highest BCUT2D eigenvalue weighted by Crippen LogP contribution is 2.36. The molecule has 1 aromatic carbocycles. The number of methoxy groups -OCH3 is 1. The van der Waals surface area contributed by atoms with Crippen LogP contribution in [0.2, 0.25) is 0 Å². The number of nitrogens with one attached hydrogen (secondary N) is 1. The summed E-state index contributed by atoms with van der Waals surface area (Å²) in [6, 6.07) is 3.20. The molecule has 0 saturated carbocycles. The SMILES string of the molecule is C=CCC(C(=O)O)c1c(C)[nH]c2ccc(OC)c(F)c12. The number of H-pyrrole nitrogens is 1. The largest absolute Gasteiger partial charge is 0.494 e. The van der Waals surface area contributed by atoms with Crippen molar-refractivity contribution in [3.63, 3.8) is 0 Å². The number of ether oxygens (including phenoxy) is 1. The van der Waals surface area contributed by atoms with Crippen LogP contribution in [0.1, 0.15) is 23.6 Å². The third kappa shape index (κ3) is 2.15. The van der Waals surface area contributed by atoms with E-state index < -0.39 is 17.7 Å². The summed E-state index contributed by atoms with van der Waals surface area (Å²) in [6.45, 7) is 5.30. The summed E-state index contributed by atoms with van der Waals surface area (Å²) in [7, 11) is 1.38. The van der Waals surface area contributed by atoms with Gasteiger partial charge in [-0.2, -0.15) is 0 Å². The maximum absolute atomic E-state index is 14.4. The quantitative estimate of drug-likeness (QED) is 0.824. The van der Waals surface area contributed by atoms with Gasteiger partial charge in [0.15, 0.2) is 11.6 Å². The zero-order valence-corrected chi connectivity index (χ0v) is 11.4. The van der Waals surface area contributed by atoms with Gasteiger partial charge in [0.05, 0.1) is 13.0 Å². The molecule has 0 bridgehead atoms. The molecular formula is C15H16FNO3. The zero-order chi connectivity index (χ0) is 14.9. The summed E-state index contributed by atoms with van der Waals surface area (Å²) < 4.78 is 19.4. The van der Waals surface area contributed by atoms with Crippen LogP contribution in [0, 0.1) is 12.7 Å². The smallest absolute Gasteiger partial charge is 0.311 e. The van der Waals surface area contributed by atoms with Gasteiger partial charge >= 0.3 is 5.97 Å². The number of benzene rings is 1. The van der Waals surface area contributed by atoms with Crippen molar-refractivity contribution in [1.82, 2.24) is 4.98 Å². The second kappa shape index (κ2) is 5.36. The van der Waals surface area contributed by atoms with Crippen LogP contribution in [0.15, 0.2) is 24.8 Å². The Balaban J connectivity index is 2.76. The summed E-state index contributed by atoms with van der Waals surface area (Å²) in [4.78, 5) is 14.5. The van der Waals surface area contributed by atoms with Crippen molar-refractivity contribution in [2.24, 2.45) is 0 Å². The number of aromatic nitrogens is 1. The van der Waals surface area contributed by atoms with E-state index in [1.54, 1.807) is 13.0 Å². The van der Waals surface area contributed by atoms with E-state index in [1.165, 1.54) is 19.3 Å². The lowest BCUT2D eigenvalue weighted by Crippen LogP contribution is -2.12. The molecule has 2 rings (SSSR count). The van der Waals surface area contributed by atoms with Gasteiger partial charge in [0.1, 0.15) is 0 Å². The number of carboxylic acid groups (broad SMARTS) is 1. The average molecular weight is 277 g/mol. The Bertz CT molecular complexity index is 675. The molecule has 1 heterocycles. The fourth-order valence-electron chi connectivity index (χ4n) is 2.48. The van der Waals surface area contributed by atoms with Crippen molar-refractivity contribution >= 4 is 16.9 Å². The lowest BCUT2D eigenvalue weighted by molar-refractivity contribution is -0.138. The number of aliphatic carboxylic acids is 1. The van der Waals surface area contributed by atoms with E-state index in [2.05, 4.69) is 11.6 Å². The van der Waals surface area contributed by atoms with Crippen LogP contribution < -0.4 is 4.74 Å². The van der Waals surface area contributed by atoms with E-state index in [0.29, 0.717) is 16.8 Å². The number of rotatable bonds is 5. The van der Waals surface area contributed by atoms with Gasteiger partial charge in [-0.1, -0.05) is 6.08 Å². The van der Waals surface area contributed by atoms with E-state index in [-0.39, 0.29) is 17.6 Å². The Hall–Kier alpha value is -2.30. The molecule has 2 aromatic rings. The monoisotopic (exact) mass is 277 g/mol. The highest BCUT2D eigenvalue weighted by molar-refractivity contribution is 5.92. The Morgan fingerprint density at radius 3 is 2.85 bits per heavy atom. The second-order valence-corrected chi connectivity index (χ2v) is 4.58. The van der Waals surface area contributed by atoms with Gasteiger partial charge in [-0.25, -0.2) is 4.39 Å². The van der Waals surface area contributed by atoms with Gasteiger partial charge in [0, 0.05) is 16.6 Å². The Labute approximate surface area is 115 Å². The molecule has 4 nitrogen and oxygen atoms in total. The predicted molar refractivity (Wildman–Crippen MR) is 74.7 cm³/mol. The van der Waals surface area contributed by atoms with E-state index >= 15 is 0 Å². The van der Waals surface area contributed by atoms with Crippen molar-refractivity contribution in [1.29, 1.82) is 0 Å². The van der Waals surface area contributed by atoms with Gasteiger partial charge in [-0.15, -0.1) is 6.58 Å². The van der Waals surface area contributed by atoms with Crippen molar-refractivity contribution in [2.75, 3.05) is 7.11 Å². The van der Waals surface area contributed by atoms with E-state index in [0.717, 1.165) is 0 Å². The zero-order valence-electron chi connectivity index (χ0n) is 11.4. The molecule has 0 radical (unpaired) electrons. The first kappa shape index (κ1) is 14.1. The van der Waals surface area contributed by atoms with Gasteiger partial charge in [-0.05, 0) is 31.0 Å². The normalized spacial score (nSPS) is 12.3. The highest BCUT2D eigenvalue weighted by atomic mass is 19.1. The maximum atomic E-state index is 14.4. The molecule has 5 heteroatoms. The second-order valence-electron chi connectivity index (χ2n) is 4.58. The predicted octanol–water partition coefficient (Wildman–Crippen LogP) is 3.37. The number of fused-ring (bicyclic) bond motifs is 1. The minimum atomic E-state index is -1.00. The Morgan fingerprint density at radius 1 is 1.60 bits per heavy atom. The number of halogens is 1. The van der Waals surface area contributed by atoms with Crippen LogP contribution in [-0.2, 0) is 4.79 Å². The van der Waals surface area contributed by atoms with Crippen molar-refractivity contribution in [3.05, 3.63) is 41.9 Å². The lowest BCUT2D eigenvalue weighted by Gasteiger charge is -2.12. The van der Waals surface area contributed by atoms with Gasteiger partial charge in [0.25, 0.3) is 0 Å². The van der Waals surface area contributed by atoms with Crippen LogP contribution in [-0.4, -0.2) is 23.2 Å². The molecule has 0 fully saturated rings. The summed E-state index contributed by atoms with van der Waals surface area (Å²) in [5.74, 6) is -2.28. The summed E-state index contributed by atoms with van der Waals surface area (Å²) in [6.07, 6.45) is 1.76. The first-order valence-corrected chi connectivity index (χ1v) is 6.19. The number of carbonyl (C=O) groups is 1. The van der Waals surface area contributed by atoms with Crippen LogP contribution in [0.4, 0.5) is 4.39 Å². The molecule has 1 aromatic heterocycles. The maximum Gasteiger partial charge on any atom is 0.311 e. The fraction of sp³-hybridized carbons (Fsp3) is 0.267. The minimum Gasteiger partial charge on any atom is -0.494 e. The molecule has 1 unspecified atom stereocenters. The van der Waals surface area contributed by atoms with Gasteiger partial charge in [-0.3, -0.25) is 4.79 Å². The topological polar surface area (TPSA) is 62.3 Å². The molecule has 0 spiro atoms. The van der Waals surface area contributed by atoms with Crippen LogP contribution in [0.3, 0.4) is 0 Å². The first-order valence-electron chi connectivity index (χ1n) is 6.19. The molecule has 2 N–H and O–H groups in total. The van der Waals surface area contributed by atoms with E-state index in [1.807, 2.05) is 0 Å². The summed E-state index contributed by atoms with van der Waals surface area (Å²) >= 11 is 0. The number of aryl methyl sites for hydroxylation is 1. The average Bonchev–Trinajstić information content (AvgIpc) is 2.73. The summed E-state index contributed by atoms with van der Waals surface area (Å²) in [5, 5.41) is 9.64. The molecule has 20 heavy (non-hydrogen) atoms. The number of hydrogen-bond donors (Lipinski definition) is 2. The van der Waals surface area contributed by atoms with Gasteiger partial charge < -0.3 is 14.8 Å². The number of aromatic amines is 1. The minimum absolute atomic E-state index is 0.0977. The fourth-order valence-corrected chi connectivity index (χ4v) is 2.48.